The van der Waals surface area contributed by atoms with E-state index >= 15 is 0 Å². The zero-order chi connectivity index (χ0) is 13.1. The lowest BCUT2D eigenvalue weighted by atomic mass is 9.98. The highest BCUT2D eigenvalue weighted by Gasteiger charge is 2.17. The number of rotatable bonds is 3. The first-order valence-corrected chi connectivity index (χ1v) is 5.56. The van der Waals surface area contributed by atoms with Crippen LogP contribution in [0, 0.1) is 11.6 Å². The van der Waals surface area contributed by atoms with Crippen LogP contribution in [-0.2, 0) is 6.42 Å². The molecule has 18 heavy (non-hydrogen) atoms. The smallest absolute Gasteiger partial charge is 0.196 e. The Kier molecular flexibility index (Phi) is 3.46. The average Bonchev–Trinajstić information content (AvgIpc) is 2.38. The monoisotopic (exact) mass is 247 g/mol. The Bertz CT molecular complexity index is 596. The van der Waals surface area contributed by atoms with Crippen LogP contribution in [0.1, 0.15) is 28.4 Å². The normalized spacial score (nSPS) is 10.4. The van der Waals surface area contributed by atoms with Crippen molar-refractivity contribution in [1.29, 1.82) is 0 Å². The van der Waals surface area contributed by atoms with E-state index in [1.807, 2.05) is 6.92 Å². The van der Waals surface area contributed by atoms with Crippen molar-refractivity contribution in [1.82, 2.24) is 4.98 Å². The SMILES string of the molecule is CCc1cnccc1C(=O)c1ccc(F)cc1F. The first kappa shape index (κ1) is 12.4. The molecule has 0 saturated heterocycles. The van der Waals surface area contributed by atoms with E-state index in [4.69, 9.17) is 0 Å². The molecule has 0 aliphatic carbocycles. The van der Waals surface area contributed by atoms with Crippen LogP contribution in [0.25, 0.3) is 0 Å². The van der Waals surface area contributed by atoms with E-state index in [-0.39, 0.29) is 5.56 Å². The van der Waals surface area contributed by atoms with Crippen LogP contribution in [0.4, 0.5) is 8.78 Å². The molecule has 1 aromatic carbocycles. The largest absolute Gasteiger partial charge is 0.288 e. The van der Waals surface area contributed by atoms with E-state index in [2.05, 4.69) is 4.98 Å². The van der Waals surface area contributed by atoms with E-state index in [0.29, 0.717) is 18.1 Å². The van der Waals surface area contributed by atoms with Gasteiger partial charge in [-0.25, -0.2) is 8.78 Å². The number of carbonyl (C=O) groups excluding carboxylic acids is 1. The molecule has 2 rings (SSSR count). The summed E-state index contributed by atoms with van der Waals surface area (Å²) in [5.41, 5.74) is 1.02. The Morgan fingerprint density at radius 1 is 1.22 bits per heavy atom. The number of aromatic nitrogens is 1. The highest BCUT2D eigenvalue weighted by atomic mass is 19.1. The second-order valence-corrected chi connectivity index (χ2v) is 3.84. The van der Waals surface area contributed by atoms with Crippen LogP contribution >= 0.6 is 0 Å². The van der Waals surface area contributed by atoms with E-state index in [9.17, 15) is 13.6 Å². The molecule has 0 N–H and O–H groups in total. The molecule has 92 valence electrons. The van der Waals surface area contributed by atoms with Gasteiger partial charge in [0.25, 0.3) is 0 Å². The number of hydrogen-bond acceptors (Lipinski definition) is 2. The van der Waals surface area contributed by atoms with Gasteiger partial charge in [-0.1, -0.05) is 6.92 Å². The number of ketones is 1. The van der Waals surface area contributed by atoms with Crippen molar-refractivity contribution in [3.05, 3.63) is 65.0 Å². The van der Waals surface area contributed by atoms with Crippen LogP contribution in [0.2, 0.25) is 0 Å². The van der Waals surface area contributed by atoms with Crippen LogP contribution in [0.5, 0.6) is 0 Å². The van der Waals surface area contributed by atoms with Gasteiger partial charge >= 0.3 is 0 Å². The number of nitrogens with zero attached hydrogens (tertiary/aromatic N) is 1. The molecule has 0 spiro atoms. The first-order chi connectivity index (χ1) is 8.63. The summed E-state index contributed by atoms with van der Waals surface area (Å²) < 4.78 is 26.3. The third-order valence-electron chi connectivity index (χ3n) is 2.70. The number of aryl methyl sites for hydroxylation is 1. The van der Waals surface area contributed by atoms with Crippen LogP contribution < -0.4 is 0 Å². The molecule has 0 fully saturated rings. The van der Waals surface area contributed by atoms with Crippen molar-refractivity contribution in [2.75, 3.05) is 0 Å². The Labute approximate surface area is 103 Å². The van der Waals surface area contributed by atoms with Gasteiger partial charge in [-0.3, -0.25) is 9.78 Å². The highest BCUT2D eigenvalue weighted by Crippen LogP contribution is 2.17. The van der Waals surface area contributed by atoms with Gasteiger partial charge in [0.1, 0.15) is 11.6 Å². The maximum absolute atomic E-state index is 13.5. The maximum Gasteiger partial charge on any atom is 0.196 e. The zero-order valence-corrected chi connectivity index (χ0v) is 9.78. The van der Waals surface area contributed by atoms with Crippen LogP contribution in [-0.4, -0.2) is 10.8 Å². The number of benzene rings is 1. The van der Waals surface area contributed by atoms with Gasteiger partial charge in [-0.15, -0.1) is 0 Å². The van der Waals surface area contributed by atoms with Gasteiger partial charge in [0, 0.05) is 24.0 Å². The van der Waals surface area contributed by atoms with Gasteiger partial charge in [-0.05, 0) is 30.2 Å². The minimum Gasteiger partial charge on any atom is -0.288 e. The molecule has 0 saturated carbocycles. The standard InChI is InChI=1S/C14H11F2NO/c1-2-9-8-17-6-5-11(9)14(18)12-4-3-10(15)7-13(12)16/h3-8H,2H2,1H3. The second-order valence-electron chi connectivity index (χ2n) is 3.84. The van der Waals surface area contributed by atoms with Crippen LogP contribution in [0.15, 0.2) is 36.7 Å². The molecule has 1 aromatic heterocycles. The van der Waals surface area contributed by atoms with Gasteiger partial charge in [0.2, 0.25) is 0 Å². The van der Waals surface area contributed by atoms with Gasteiger partial charge in [-0.2, -0.15) is 0 Å². The third-order valence-corrected chi connectivity index (χ3v) is 2.70. The molecular weight excluding hydrogens is 236 g/mol. The summed E-state index contributed by atoms with van der Waals surface area (Å²) in [6, 6.07) is 4.49. The summed E-state index contributed by atoms with van der Waals surface area (Å²) in [5.74, 6) is -2.00. The molecule has 0 unspecified atom stereocenters. The van der Waals surface area contributed by atoms with E-state index in [1.54, 1.807) is 12.3 Å². The van der Waals surface area contributed by atoms with Gasteiger partial charge in [0.05, 0.1) is 5.56 Å². The summed E-state index contributed by atoms with van der Waals surface area (Å²) >= 11 is 0. The molecule has 0 bridgehead atoms. The second kappa shape index (κ2) is 5.04. The van der Waals surface area contributed by atoms with Crippen molar-refractivity contribution in [2.45, 2.75) is 13.3 Å². The third kappa shape index (κ3) is 2.27. The Balaban J connectivity index is 2.48. The number of hydrogen-bond donors (Lipinski definition) is 0. The first-order valence-electron chi connectivity index (χ1n) is 5.56. The topological polar surface area (TPSA) is 30.0 Å². The van der Waals surface area contributed by atoms with Crippen molar-refractivity contribution in [2.24, 2.45) is 0 Å². The molecular formula is C14H11F2NO. The van der Waals surface area contributed by atoms with E-state index in [1.165, 1.54) is 6.20 Å². The Morgan fingerprint density at radius 3 is 2.67 bits per heavy atom. The molecule has 0 aliphatic rings. The van der Waals surface area contributed by atoms with Crippen molar-refractivity contribution in [3.8, 4) is 0 Å². The summed E-state index contributed by atoms with van der Waals surface area (Å²) in [6.07, 6.45) is 3.68. The fraction of sp³-hybridized carbons (Fsp3) is 0.143. The molecule has 0 atom stereocenters. The highest BCUT2D eigenvalue weighted by molar-refractivity contribution is 6.10. The fourth-order valence-corrected chi connectivity index (χ4v) is 1.75. The lowest BCUT2D eigenvalue weighted by molar-refractivity contribution is 0.103. The zero-order valence-electron chi connectivity index (χ0n) is 9.78. The summed E-state index contributed by atoms with van der Waals surface area (Å²) in [4.78, 5) is 16.1. The van der Waals surface area contributed by atoms with Gasteiger partial charge < -0.3 is 0 Å². The Hall–Kier alpha value is -2.10. The molecule has 2 aromatic rings. The van der Waals surface area contributed by atoms with Crippen molar-refractivity contribution >= 4 is 5.78 Å². The Morgan fingerprint density at radius 2 is 2.00 bits per heavy atom. The fourth-order valence-electron chi connectivity index (χ4n) is 1.75. The molecule has 2 nitrogen and oxygen atoms in total. The lowest BCUT2D eigenvalue weighted by Crippen LogP contribution is -2.08. The maximum atomic E-state index is 13.5. The molecule has 0 aliphatic heterocycles. The van der Waals surface area contributed by atoms with Gasteiger partial charge in [0.15, 0.2) is 5.78 Å². The van der Waals surface area contributed by atoms with E-state index < -0.39 is 17.4 Å². The predicted octanol–water partition coefficient (Wildman–Crippen LogP) is 3.15. The lowest BCUT2D eigenvalue weighted by Gasteiger charge is -2.07. The molecule has 4 heteroatoms. The summed E-state index contributed by atoms with van der Waals surface area (Å²) in [6.45, 7) is 1.88. The number of halogens is 2. The molecule has 1 heterocycles. The number of pyridine rings is 1. The predicted molar refractivity (Wildman–Crippen MR) is 63.4 cm³/mol. The van der Waals surface area contributed by atoms with E-state index in [0.717, 1.165) is 17.7 Å². The van der Waals surface area contributed by atoms with Crippen molar-refractivity contribution in [3.63, 3.8) is 0 Å². The van der Waals surface area contributed by atoms with Crippen LogP contribution in [0.3, 0.4) is 0 Å². The minimum atomic E-state index is -0.848. The molecule has 0 amide bonds. The molecule has 0 radical (unpaired) electrons. The summed E-state index contributed by atoms with van der Waals surface area (Å²) in [5, 5.41) is 0. The average molecular weight is 247 g/mol. The minimum absolute atomic E-state index is 0.127. The summed E-state index contributed by atoms with van der Waals surface area (Å²) in [7, 11) is 0. The number of carbonyl (C=O) groups is 1. The quantitative estimate of drug-likeness (QED) is 0.780. The van der Waals surface area contributed by atoms with Crippen molar-refractivity contribution < 1.29 is 13.6 Å².